The van der Waals surface area contributed by atoms with E-state index in [4.69, 9.17) is 0 Å². The minimum atomic E-state index is -0.869. The van der Waals surface area contributed by atoms with E-state index in [1.54, 1.807) is 6.08 Å². The Labute approximate surface area is 381 Å². The summed E-state index contributed by atoms with van der Waals surface area (Å²) in [5, 5.41) is 23.0. The van der Waals surface area contributed by atoms with Crippen molar-refractivity contribution in [3.05, 3.63) is 60.8 Å². The van der Waals surface area contributed by atoms with Gasteiger partial charge in [-0.3, -0.25) is 4.79 Å². The quantitative estimate of drug-likeness (QED) is 0.0422. The van der Waals surface area contributed by atoms with E-state index in [1.165, 1.54) is 212 Å². The van der Waals surface area contributed by atoms with Crippen LogP contribution in [0, 0.1) is 0 Å². The molecule has 3 N–H and O–H groups in total. The zero-order chi connectivity index (χ0) is 44.2. The molecule has 4 nitrogen and oxygen atoms in total. The zero-order valence-corrected chi connectivity index (χ0v) is 40.9. The summed E-state index contributed by atoms with van der Waals surface area (Å²) in [6.07, 6.45) is 73.8. The van der Waals surface area contributed by atoms with Crippen LogP contribution in [0.4, 0.5) is 0 Å². The van der Waals surface area contributed by atoms with E-state index in [0.717, 1.165) is 44.9 Å². The van der Waals surface area contributed by atoms with E-state index < -0.39 is 12.1 Å². The van der Waals surface area contributed by atoms with Gasteiger partial charge >= 0.3 is 0 Å². The minimum absolute atomic E-state index is 0.0760. The first-order valence-corrected chi connectivity index (χ1v) is 27.0. The first kappa shape index (κ1) is 59.1. The molecule has 0 aliphatic carbocycles. The Morgan fingerprint density at radius 3 is 1.07 bits per heavy atom. The second-order valence-corrected chi connectivity index (χ2v) is 18.3. The summed E-state index contributed by atoms with van der Waals surface area (Å²) in [5.41, 5.74) is 0. The molecule has 0 radical (unpaired) electrons. The number of carbonyl (C=O) groups excluding carboxylic acids is 1. The van der Waals surface area contributed by atoms with Crippen molar-refractivity contribution in [2.75, 3.05) is 6.61 Å². The van der Waals surface area contributed by atoms with Crippen molar-refractivity contribution < 1.29 is 15.0 Å². The number of amides is 1. The van der Waals surface area contributed by atoms with E-state index in [1.807, 2.05) is 6.08 Å². The largest absolute Gasteiger partial charge is 0.394 e. The van der Waals surface area contributed by atoms with Crippen molar-refractivity contribution in [3.63, 3.8) is 0 Å². The smallest absolute Gasteiger partial charge is 0.220 e. The lowest BCUT2D eigenvalue weighted by molar-refractivity contribution is -0.123. The Kier molecular flexibility index (Phi) is 50.8. The van der Waals surface area contributed by atoms with Gasteiger partial charge in [-0.05, 0) is 77.0 Å². The van der Waals surface area contributed by atoms with E-state index >= 15 is 0 Å². The molecule has 0 spiro atoms. The van der Waals surface area contributed by atoms with Crippen LogP contribution in [0.5, 0.6) is 0 Å². The van der Waals surface area contributed by atoms with Crippen LogP contribution in [0.1, 0.15) is 277 Å². The molecule has 0 aliphatic rings. The number of nitrogens with one attached hydrogen (secondary N) is 1. The van der Waals surface area contributed by atoms with E-state index in [-0.39, 0.29) is 12.5 Å². The fraction of sp³-hybridized carbons (Fsp3) is 0.807. The third kappa shape index (κ3) is 49.0. The van der Waals surface area contributed by atoms with Gasteiger partial charge in [0.1, 0.15) is 0 Å². The lowest BCUT2D eigenvalue weighted by atomic mass is 10.0. The number of carbonyl (C=O) groups is 1. The molecule has 0 bridgehead atoms. The molecule has 0 aromatic heterocycles. The highest BCUT2D eigenvalue weighted by molar-refractivity contribution is 5.76. The molecule has 0 aliphatic heterocycles. The van der Waals surface area contributed by atoms with Crippen molar-refractivity contribution in [3.8, 4) is 0 Å². The van der Waals surface area contributed by atoms with Crippen molar-refractivity contribution in [2.45, 2.75) is 289 Å². The maximum Gasteiger partial charge on any atom is 0.220 e. The number of aliphatic hydroxyl groups excluding tert-OH is 2. The zero-order valence-electron chi connectivity index (χ0n) is 40.9. The van der Waals surface area contributed by atoms with Crippen molar-refractivity contribution in [1.29, 1.82) is 0 Å². The van der Waals surface area contributed by atoms with Gasteiger partial charge in [0.25, 0.3) is 0 Å². The van der Waals surface area contributed by atoms with Crippen LogP contribution in [-0.4, -0.2) is 34.9 Å². The van der Waals surface area contributed by atoms with Crippen LogP contribution in [0.25, 0.3) is 0 Å². The highest BCUT2D eigenvalue weighted by atomic mass is 16.3. The van der Waals surface area contributed by atoms with Gasteiger partial charge < -0.3 is 15.5 Å². The average Bonchev–Trinajstić information content (AvgIpc) is 3.26. The monoisotopic (exact) mass is 852 g/mol. The number of hydrogen-bond donors (Lipinski definition) is 3. The fourth-order valence-corrected chi connectivity index (χ4v) is 8.07. The molecule has 2 atom stereocenters. The van der Waals surface area contributed by atoms with Crippen molar-refractivity contribution in [1.82, 2.24) is 5.32 Å². The molecule has 0 saturated carbocycles. The van der Waals surface area contributed by atoms with Gasteiger partial charge in [0.05, 0.1) is 18.8 Å². The van der Waals surface area contributed by atoms with Crippen molar-refractivity contribution in [2.24, 2.45) is 0 Å². The Balaban J connectivity index is 3.45. The maximum atomic E-state index is 12.4. The van der Waals surface area contributed by atoms with Crippen LogP contribution in [0.15, 0.2) is 60.8 Å². The van der Waals surface area contributed by atoms with Gasteiger partial charge in [-0.15, -0.1) is 0 Å². The molecule has 0 aromatic rings. The fourth-order valence-electron chi connectivity index (χ4n) is 8.07. The Bertz CT molecular complexity index is 1010. The Morgan fingerprint density at radius 2 is 0.689 bits per heavy atom. The average molecular weight is 852 g/mol. The molecule has 2 unspecified atom stereocenters. The molecular formula is C57H105NO3. The number of aliphatic hydroxyl groups is 2. The van der Waals surface area contributed by atoms with Gasteiger partial charge in [0, 0.05) is 6.42 Å². The Morgan fingerprint density at radius 1 is 0.393 bits per heavy atom. The number of unbranched alkanes of at least 4 members (excludes halogenated alkanes) is 34. The summed E-state index contributed by atoms with van der Waals surface area (Å²) in [7, 11) is 0. The van der Waals surface area contributed by atoms with Crippen LogP contribution < -0.4 is 5.32 Å². The maximum absolute atomic E-state index is 12.4. The van der Waals surface area contributed by atoms with E-state index in [9.17, 15) is 15.0 Å². The first-order chi connectivity index (χ1) is 30.2. The van der Waals surface area contributed by atoms with Gasteiger partial charge in [0.15, 0.2) is 0 Å². The number of allylic oxidation sites excluding steroid dienone is 9. The van der Waals surface area contributed by atoms with Crippen LogP contribution >= 0.6 is 0 Å². The molecule has 0 aromatic carbocycles. The number of rotatable bonds is 49. The molecule has 356 valence electrons. The predicted molar refractivity (Wildman–Crippen MR) is 271 cm³/mol. The molecule has 0 saturated heterocycles. The van der Waals surface area contributed by atoms with Gasteiger partial charge in [-0.1, -0.05) is 254 Å². The summed E-state index contributed by atoms with van der Waals surface area (Å²) >= 11 is 0. The minimum Gasteiger partial charge on any atom is -0.394 e. The van der Waals surface area contributed by atoms with Gasteiger partial charge in [-0.25, -0.2) is 0 Å². The third-order valence-corrected chi connectivity index (χ3v) is 12.2. The highest BCUT2D eigenvalue weighted by Gasteiger charge is 2.17. The van der Waals surface area contributed by atoms with Crippen LogP contribution in [-0.2, 0) is 4.79 Å². The molecular weight excluding hydrogens is 747 g/mol. The van der Waals surface area contributed by atoms with Gasteiger partial charge in [-0.2, -0.15) is 0 Å². The summed E-state index contributed by atoms with van der Waals surface area (Å²) in [6.45, 7) is 4.27. The predicted octanol–water partition coefficient (Wildman–Crippen LogP) is 17.6. The SMILES string of the molecule is CCCCCC/C=C/CC/C=C/CC/C=C/C(O)C(CO)NC(=O)CCCCCCCCCCCCCCCCCCCCCCCCC/C=C\C/C=C\CCCCCCC. The summed E-state index contributed by atoms with van der Waals surface area (Å²) in [5.74, 6) is -0.0760. The van der Waals surface area contributed by atoms with Crippen LogP contribution in [0.2, 0.25) is 0 Å². The summed E-state index contributed by atoms with van der Waals surface area (Å²) in [6, 6.07) is -0.645. The van der Waals surface area contributed by atoms with E-state index in [2.05, 4.69) is 67.8 Å². The molecule has 1 amide bonds. The molecule has 0 fully saturated rings. The summed E-state index contributed by atoms with van der Waals surface area (Å²) < 4.78 is 0. The second-order valence-electron chi connectivity index (χ2n) is 18.3. The third-order valence-electron chi connectivity index (χ3n) is 12.2. The molecule has 0 heterocycles. The van der Waals surface area contributed by atoms with Crippen molar-refractivity contribution >= 4 is 5.91 Å². The molecule has 61 heavy (non-hydrogen) atoms. The molecule has 4 heteroatoms. The number of hydrogen-bond acceptors (Lipinski definition) is 3. The lowest BCUT2D eigenvalue weighted by Gasteiger charge is -2.19. The van der Waals surface area contributed by atoms with Crippen LogP contribution in [0.3, 0.4) is 0 Å². The lowest BCUT2D eigenvalue weighted by Crippen LogP contribution is -2.45. The highest BCUT2D eigenvalue weighted by Crippen LogP contribution is 2.16. The second kappa shape index (κ2) is 52.4. The normalized spacial score (nSPS) is 13.3. The van der Waals surface area contributed by atoms with E-state index in [0.29, 0.717) is 6.42 Å². The summed E-state index contributed by atoms with van der Waals surface area (Å²) in [4.78, 5) is 12.4. The standard InChI is InChI=1S/C57H105NO3/c1-3-5-7-9-11-13-15-17-19-20-21-22-23-24-25-26-27-28-29-30-31-32-33-34-35-36-37-38-39-41-43-45-47-49-51-53-57(61)58-55(54-59)56(60)52-50-48-46-44-42-40-18-16-14-12-10-8-6-4-2/h14-17,20-21,42,44,50,52,55-56,59-60H,3-13,18-19,22-41,43,45-49,51,53-54H2,1-2H3,(H,58,61)/b16-14+,17-15-,21-20-,44-42+,52-50+. The molecule has 0 rings (SSSR count). The topological polar surface area (TPSA) is 69.6 Å². The van der Waals surface area contributed by atoms with Gasteiger partial charge in [0.2, 0.25) is 5.91 Å². The first-order valence-electron chi connectivity index (χ1n) is 27.0. The Hall–Kier alpha value is -1.91.